The first-order valence-corrected chi connectivity index (χ1v) is 22.6. The molecule has 5 aromatic carbocycles. The minimum absolute atomic E-state index is 0.0400. The van der Waals surface area contributed by atoms with E-state index in [1.54, 1.807) is 0 Å². The van der Waals surface area contributed by atoms with Gasteiger partial charge in [0.2, 0.25) is 0 Å². The number of rotatable bonds is 2. The molecule has 304 valence electrons. The Morgan fingerprint density at radius 3 is 1.57 bits per heavy atom. The van der Waals surface area contributed by atoms with Crippen LogP contribution in [0.3, 0.4) is 0 Å². The summed E-state index contributed by atoms with van der Waals surface area (Å²) in [6.45, 7) is 23.6. The van der Waals surface area contributed by atoms with E-state index in [0.29, 0.717) is 5.92 Å². The molecule has 1 atom stereocenters. The first kappa shape index (κ1) is 38.3. The lowest BCUT2D eigenvalue weighted by Gasteiger charge is -2.40. The van der Waals surface area contributed by atoms with E-state index in [9.17, 15) is 0 Å². The van der Waals surface area contributed by atoms with Gasteiger partial charge in [0.1, 0.15) is 0 Å². The molecule has 0 radical (unpaired) electrons. The standard InChI is InChI=1S/C55H58B2N4/c1-52(2,3)36-27-31-38(32-28-36)58-50-48(60-46-25-17-13-21-42(46)54(7,8)40-19-11-15-23-44(40)56(58)60)35-49-51(50)59(39-33-29-37(30-34-39)53(4,5)6)57-45-24-16-12-20-41(45)55(9,10)43-22-14-18-26-47(43)61(49)57/h11-21,23-34,43H,22,35H2,1-10H3. The molecular formula is C55H58B2N4. The first-order chi connectivity index (χ1) is 29.1. The van der Waals surface area contributed by atoms with Crippen LogP contribution in [0.5, 0.6) is 0 Å². The highest BCUT2D eigenvalue weighted by atomic mass is 15.4. The molecule has 0 saturated heterocycles. The largest absolute Gasteiger partial charge is 0.420 e. The van der Waals surface area contributed by atoms with Crippen LogP contribution in [0.25, 0.3) is 0 Å². The minimum Gasteiger partial charge on any atom is -0.366 e. The molecule has 0 bridgehead atoms. The van der Waals surface area contributed by atoms with E-state index in [1.165, 1.54) is 84.3 Å². The topological polar surface area (TPSA) is 13.0 Å². The molecule has 61 heavy (non-hydrogen) atoms. The van der Waals surface area contributed by atoms with Gasteiger partial charge in [-0.2, -0.15) is 0 Å². The lowest BCUT2D eigenvalue weighted by Crippen LogP contribution is -2.57. The smallest absolute Gasteiger partial charge is 0.366 e. The van der Waals surface area contributed by atoms with Gasteiger partial charge in [0, 0.05) is 51.9 Å². The number of anilines is 3. The van der Waals surface area contributed by atoms with Crippen molar-refractivity contribution in [3.05, 3.63) is 196 Å². The van der Waals surface area contributed by atoms with Gasteiger partial charge in [0.05, 0.1) is 11.4 Å². The second kappa shape index (κ2) is 13.0. The number of fused-ring (bicyclic) bond motifs is 13. The van der Waals surface area contributed by atoms with E-state index in [1.807, 2.05) is 0 Å². The first-order valence-electron chi connectivity index (χ1n) is 22.6. The van der Waals surface area contributed by atoms with Crippen molar-refractivity contribution in [3.8, 4) is 0 Å². The fraction of sp³-hybridized carbons (Fsp3) is 0.309. The SMILES string of the molecule is CC(C)(C)c1ccc(N2B3c4ccccc4C(C)(C)C4CC=CC=C4N3C3=C2C2=C(C3)N3B(c4ccccc4C(C)(C)c4ccccc43)N2c2ccc(C(C)(C)C)cc2)cc1. The van der Waals surface area contributed by atoms with Crippen molar-refractivity contribution in [3.63, 3.8) is 0 Å². The van der Waals surface area contributed by atoms with Crippen molar-refractivity contribution in [2.24, 2.45) is 5.92 Å². The van der Waals surface area contributed by atoms with Crippen molar-refractivity contribution in [1.82, 2.24) is 4.81 Å². The van der Waals surface area contributed by atoms with Crippen LogP contribution >= 0.6 is 0 Å². The number of para-hydroxylation sites is 1. The van der Waals surface area contributed by atoms with Crippen molar-refractivity contribution in [1.29, 1.82) is 0 Å². The zero-order valence-electron chi connectivity index (χ0n) is 37.7. The molecule has 0 fully saturated rings. The third kappa shape index (κ3) is 5.39. The van der Waals surface area contributed by atoms with Crippen LogP contribution in [0.15, 0.2) is 168 Å². The average Bonchev–Trinajstić information content (AvgIpc) is 3.85. The highest BCUT2D eigenvalue weighted by Gasteiger charge is 2.61. The molecule has 0 N–H and O–H groups in total. The van der Waals surface area contributed by atoms with Crippen LogP contribution in [-0.4, -0.2) is 18.8 Å². The molecule has 4 heterocycles. The molecule has 6 heteroatoms. The Bertz CT molecular complexity index is 2760. The van der Waals surface area contributed by atoms with E-state index in [2.05, 4.69) is 228 Å². The quantitative estimate of drug-likeness (QED) is 0.165. The number of hydrogen-bond acceptors (Lipinski definition) is 4. The number of allylic oxidation sites excluding steroid dienone is 4. The summed E-state index contributed by atoms with van der Waals surface area (Å²) in [6.07, 6.45) is 9.00. The Kier molecular flexibility index (Phi) is 8.14. The molecule has 4 nitrogen and oxygen atoms in total. The number of benzene rings is 5. The van der Waals surface area contributed by atoms with Gasteiger partial charge in [-0.1, -0.05) is 172 Å². The van der Waals surface area contributed by atoms with Crippen LogP contribution in [0, 0.1) is 5.92 Å². The van der Waals surface area contributed by atoms with E-state index in [0.717, 1.165) is 12.8 Å². The van der Waals surface area contributed by atoms with Crippen LogP contribution in [0.2, 0.25) is 0 Å². The molecule has 1 unspecified atom stereocenters. The van der Waals surface area contributed by atoms with E-state index in [4.69, 9.17) is 0 Å². The lowest BCUT2D eigenvalue weighted by atomic mass is 9.60. The predicted molar refractivity (Wildman–Crippen MR) is 259 cm³/mol. The maximum atomic E-state index is 2.80. The second-order valence-corrected chi connectivity index (χ2v) is 21.4. The summed E-state index contributed by atoms with van der Waals surface area (Å²) in [7, 11) is 0. The van der Waals surface area contributed by atoms with Gasteiger partial charge >= 0.3 is 14.0 Å². The summed E-state index contributed by atoms with van der Waals surface area (Å²) < 4.78 is 0. The van der Waals surface area contributed by atoms with Gasteiger partial charge in [-0.15, -0.1) is 0 Å². The van der Waals surface area contributed by atoms with Crippen molar-refractivity contribution < 1.29 is 0 Å². The van der Waals surface area contributed by atoms with Crippen molar-refractivity contribution in [2.45, 2.75) is 104 Å². The van der Waals surface area contributed by atoms with Crippen molar-refractivity contribution in [2.75, 3.05) is 14.4 Å². The van der Waals surface area contributed by atoms with Gasteiger partial charge in [0.25, 0.3) is 0 Å². The zero-order chi connectivity index (χ0) is 42.4. The van der Waals surface area contributed by atoms with E-state index in [-0.39, 0.29) is 35.6 Å². The number of hydrogen-bond donors (Lipinski definition) is 0. The summed E-state index contributed by atoms with van der Waals surface area (Å²) in [4.78, 5) is 11.0. The molecule has 4 aliphatic heterocycles. The molecule has 5 aromatic rings. The molecule has 6 aliphatic rings. The van der Waals surface area contributed by atoms with Gasteiger partial charge in [-0.25, -0.2) is 0 Å². The van der Waals surface area contributed by atoms with Crippen molar-refractivity contribution >= 4 is 42.0 Å². The molecule has 0 saturated carbocycles. The van der Waals surface area contributed by atoms with Gasteiger partial charge in [-0.05, 0) is 97.8 Å². The Hall–Kier alpha value is -5.61. The van der Waals surface area contributed by atoms with Gasteiger partial charge in [0.15, 0.2) is 0 Å². The molecule has 0 aromatic heterocycles. The normalized spacial score (nSPS) is 20.6. The monoisotopic (exact) mass is 796 g/mol. The summed E-state index contributed by atoms with van der Waals surface area (Å²) in [5, 5.41) is 0. The molecule has 2 aliphatic carbocycles. The number of nitrogens with zero attached hydrogens (tertiary/aromatic N) is 4. The average molecular weight is 797 g/mol. The summed E-state index contributed by atoms with van der Waals surface area (Å²) in [5.41, 5.74) is 20.1. The van der Waals surface area contributed by atoms with Crippen LogP contribution < -0.4 is 25.4 Å². The third-order valence-electron chi connectivity index (χ3n) is 15.1. The van der Waals surface area contributed by atoms with Crippen LogP contribution in [0.4, 0.5) is 17.1 Å². The minimum atomic E-state index is -0.201. The Morgan fingerprint density at radius 2 is 1.00 bits per heavy atom. The Morgan fingerprint density at radius 1 is 0.525 bits per heavy atom. The van der Waals surface area contributed by atoms with Crippen LogP contribution in [-0.2, 0) is 21.7 Å². The maximum absolute atomic E-state index is 2.80. The lowest BCUT2D eigenvalue weighted by molar-refractivity contribution is 0.332. The van der Waals surface area contributed by atoms with E-state index < -0.39 is 0 Å². The van der Waals surface area contributed by atoms with Crippen LogP contribution in [0.1, 0.15) is 110 Å². The highest BCUT2D eigenvalue weighted by Crippen LogP contribution is 2.58. The third-order valence-corrected chi connectivity index (χ3v) is 15.1. The maximum Gasteiger partial charge on any atom is 0.420 e. The van der Waals surface area contributed by atoms with E-state index >= 15 is 0 Å². The Labute approximate surface area is 365 Å². The summed E-state index contributed by atoms with van der Waals surface area (Å²) in [5.74, 6) is 0.330. The summed E-state index contributed by atoms with van der Waals surface area (Å²) in [6, 6.07) is 47.0. The molecular weight excluding hydrogens is 738 g/mol. The fourth-order valence-electron chi connectivity index (χ4n) is 11.9. The fourth-order valence-corrected chi connectivity index (χ4v) is 11.9. The predicted octanol–water partition coefficient (Wildman–Crippen LogP) is 11.4. The van der Waals surface area contributed by atoms with Gasteiger partial charge < -0.3 is 19.2 Å². The Balaban J connectivity index is 1.22. The van der Waals surface area contributed by atoms with Gasteiger partial charge in [-0.3, -0.25) is 0 Å². The molecule has 0 amide bonds. The highest BCUT2D eigenvalue weighted by molar-refractivity contribution is 6.83. The zero-order valence-corrected chi connectivity index (χ0v) is 37.7. The molecule has 11 rings (SSSR count). The molecule has 0 spiro atoms. The second-order valence-electron chi connectivity index (χ2n) is 21.4. The summed E-state index contributed by atoms with van der Waals surface area (Å²) >= 11 is 0.